The van der Waals surface area contributed by atoms with E-state index in [1.807, 2.05) is 0 Å². The molecule has 1 amide bonds. The number of pyridine rings is 1. The number of aromatic nitrogens is 1. The Balaban J connectivity index is 3.21. The lowest BCUT2D eigenvalue weighted by atomic mass is 10.2. The van der Waals surface area contributed by atoms with Gasteiger partial charge in [0.1, 0.15) is 0 Å². The van der Waals surface area contributed by atoms with Crippen LogP contribution in [-0.4, -0.2) is 16.1 Å². The van der Waals surface area contributed by atoms with Crippen molar-refractivity contribution < 1.29 is 10.0 Å². The first-order valence-electron chi connectivity index (χ1n) is 2.90. The first-order chi connectivity index (χ1) is 5.66. The molecule has 12 heavy (non-hydrogen) atoms. The number of hydrogen-bond donors (Lipinski definition) is 2. The summed E-state index contributed by atoms with van der Waals surface area (Å²) in [5, 5.41) is 8.48. The number of nitrogens with one attached hydrogen (secondary N) is 1. The van der Waals surface area contributed by atoms with Crippen LogP contribution in [0.4, 0.5) is 0 Å². The summed E-state index contributed by atoms with van der Waals surface area (Å²) in [4.78, 5) is 14.5. The number of hydrogen-bond acceptors (Lipinski definition) is 3. The van der Waals surface area contributed by atoms with Crippen molar-refractivity contribution in [3.8, 4) is 0 Å². The molecule has 0 aliphatic carbocycles. The number of hydroxylamine groups is 1. The molecular formula is C6H4Cl2N2O2. The molecule has 1 heterocycles. The van der Waals surface area contributed by atoms with E-state index < -0.39 is 5.91 Å². The van der Waals surface area contributed by atoms with Gasteiger partial charge in [-0.25, -0.2) is 5.48 Å². The van der Waals surface area contributed by atoms with Gasteiger partial charge >= 0.3 is 0 Å². The Morgan fingerprint density at radius 2 is 1.92 bits per heavy atom. The quantitative estimate of drug-likeness (QED) is 0.541. The van der Waals surface area contributed by atoms with Gasteiger partial charge in [0.2, 0.25) is 0 Å². The maximum absolute atomic E-state index is 10.9. The normalized spacial score (nSPS) is 9.58. The van der Waals surface area contributed by atoms with Crippen LogP contribution < -0.4 is 5.48 Å². The number of halogens is 2. The van der Waals surface area contributed by atoms with Crippen LogP contribution in [0.2, 0.25) is 10.0 Å². The van der Waals surface area contributed by atoms with Crippen LogP contribution in [0.15, 0.2) is 12.4 Å². The summed E-state index contributed by atoms with van der Waals surface area (Å²) in [5.41, 5.74) is 1.44. The van der Waals surface area contributed by atoms with E-state index in [9.17, 15) is 4.79 Å². The number of carbonyl (C=O) groups excluding carboxylic acids is 1. The van der Waals surface area contributed by atoms with E-state index in [0.717, 1.165) is 0 Å². The zero-order valence-electron chi connectivity index (χ0n) is 5.71. The van der Waals surface area contributed by atoms with Crippen LogP contribution >= 0.6 is 23.2 Å². The Morgan fingerprint density at radius 3 is 2.33 bits per heavy atom. The summed E-state index contributed by atoms with van der Waals surface area (Å²) in [6.45, 7) is 0. The van der Waals surface area contributed by atoms with E-state index in [2.05, 4.69) is 4.98 Å². The first-order valence-corrected chi connectivity index (χ1v) is 3.66. The van der Waals surface area contributed by atoms with E-state index in [1.54, 1.807) is 0 Å². The molecule has 6 heteroatoms. The average molecular weight is 207 g/mol. The molecule has 64 valence electrons. The molecule has 0 aromatic carbocycles. The molecule has 0 aliphatic rings. The monoisotopic (exact) mass is 206 g/mol. The fourth-order valence-electron chi connectivity index (χ4n) is 0.684. The third kappa shape index (κ3) is 1.66. The predicted molar refractivity (Wildman–Crippen MR) is 43.5 cm³/mol. The van der Waals surface area contributed by atoms with Gasteiger partial charge in [0.05, 0.1) is 15.6 Å². The first kappa shape index (κ1) is 9.25. The third-order valence-electron chi connectivity index (χ3n) is 1.18. The van der Waals surface area contributed by atoms with Gasteiger partial charge in [-0.1, -0.05) is 23.2 Å². The lowest BCUT2D eigenvalue weighted by molar-refractivity contribution is 0.0706. The summed E-state index contributed by atoms with van der Waals surface area (Å²) in [6, 6.07) is 0. The minimum atomic E-state index is -0.757. The van der Waals surface area contributed by atoms with Crippen LogP contribution in [0, 0.1) is 0 Å². The Labute approximate surface area is 78.1 Å². The minimum absolute atomic E-state index is 0.0100. The molecule has 0 fully saturated rings. The SMILES string of the molecule is O=C(NO)c1c(Cl)cncc1Cl. The highest BCUT2D eigenvalue weighted by molar-refractivity contribution is 6.39. The standard InChI is InChI=1S/C6H4Cl2N2O2/c7-3-1-9-2-4(8)5(3)6(11)10-12/h1-2,12H,(H,10,11). The van der Waals surface area contributed by atoms with Crippen molar-refractivity contribution in [2.75, 3.05) is 0 Å². The molecule has 0 unspecified atom stereocenters. The van der Waals surface area contributed by atoms with Crippen molar-refractivity contribution in [3.63, 3.8) is 0 Å². The fraction of sp³-hybridized carbons (Fsp3) is 0. The summed E-state index contributed by atoms with van der Waals surface area (Å²) in [5.74, 6) is -0.757. The van der Waals surface area contributed by atoms with Crippen molar-refractivity contribution in [1.29, 1.82) is 0 Å². The van der Waals surface area contributed by atoms with Crippen molar-refractivity contribution in [3.05, 3.63) is 28.0 Å². The van der Waals surface area contributed by atoms with Crippen molar-refractivity contribution in [2.45, 2.75) is 0 Å². The highest BCUT2D eigenvalue weighted by Crippen LogP contribution is 2.22. The van der Waals surface area contributed by atoms with Crippen molar-refractivity contribution in [2.24, 2.45) is 0 Å². The topological polar surface area (TPSA) is 62.2 Å². The molecule has 1 aromatic heterocycles. The molecular weight excluding hydrogens is 203 g/mol. The Kier molecular flexibility index (Phi) is 2.86. The third-order valence-corrected chi connectivity index (χ3v) is 1.76. The van der Waals surface area contributed by atoms with E-state index >= 15 is 0 Å². The second-order valence-corrected chi connectivity index (χ2v) is 2.73. The molecule has 0 spiro atoms. The molecule has 0 radical (unpaired) electrons. The highest BCUT2D eigenvalue weighted by atomic mass is 35.5. The maximum atomic E-state index is 10.9. The van der Waals surface area contributed by atoms with Crippen molar-refractivity contribution >= 4 is 29.1 Å². The second kappa shape index (κ2) is 3.71. The minimum Gasteiger partial charge on any atom is -0.288 e. The van der Waals surface area contributed by atoms with Gasteiger partial charge < -0.3 is 0 Å². The molecule has 0 saturated carbocycles. The van der Waals surface area contributed by atoms with Crippen LogP contribution in [0.3, 0.4) is 0 Å². The molecule has 4 nitrogen and oxygen atoms in total. The summed E-state index contributed by atoms with van der Waals surface area (Å²) in [7, 11) is 0. The molecule has 2 N–H and O–H groups in total. The zero-order chi connectivity index (χ0) is 9.14. The van der Waals surface area contributed by atoms with Crippen molar-refractivity contribution in [1.82, 2.24) is 10.5 Å². The predicted octanol–water partition coefficient (Wildman–Crippen LogP) is 1.51. The number of carbonyl (C=O) groups is 1. The highest BCUT2D eigenvalue weighted by Gasteiger charge is 2.13. The van der Waals surface area contributed by atoms with E-state index in [1.165, 1.54) is 17.9 Å². The van der Waals surface area contributed by atoms with Gasteiger partial charge in [0.25, 0.3) is 5.91 Å². The van der Waals surface area contributed by atoms with Crippen LogP contribution in [0.1, 0.15) is 10.4 Å². The summed E-state index contributed by atoms with van der Waals surface area (Å²) < 4.78 is 0. The largest absolute Gasteiger partial charge is 0.288 e. The lowest BCUT2D eigenvalue weighted by Crippen LogP contribution is -2.19. The average Bonchev–Trinajstić information content (AvgIpc) is 2.03. The maximum Gasteiger partial charge on any atom is 0.277 e. The fourth-order valence-corrected chi connectivity index (χ4v) is 1.22. The van der Waals surface area contributed by atoms with Gasteiger partial charge in [-0.05, 0) is 0 Å². The van der Waals surface area contributed by atoms with Gasteiger partial charge in [-0.3, -0.25) is 15.0 Å². The molecule has 1 rings (SSSR count). The molecule has 0 atom stereocenters. The van der Waals surface area contributed by atoms with Crippen LogP contribution in [0.25, 0.3) is 0 Å². The second-order valence-electron chi connectivity index (χ2n) is 1.92. The summed E-state index contributed by atoms with van der Waals surface area (Å²) >= 11 is 11.2. The molecule has 1 aromatic rings. The molecule has 0 saturated heterocycles. The smallest absolute Gasteiger partial charge is 0.277 e. The summed E-state index contributed by atoms with van der Waals surface area (Å²) in [6.07, 6.45) is 2.52. The van der Waals surface area contributed by atoms with Crippen LogP contribution in [-0.2, 0) is 0 Å². The number of rotatable bonds is 1. The number of nitrogens with zero attached hydrogens (tertiary/aromatic N) is 1. The van der Waals surface area contributed by atoms with Crippen LogP contribution in [0.5, 0.6) is 0 Å². The van der Waals surface area contributed by atoms with E-state index in [4.69, 9.17) is 28.4 Å². The Bertz CT molecular complexity index is 296. The van der Waals surface area contributed by atoms with Gasteiger partial charge in [0, 0.05) is 12.4 Å². The zero-order valence-corrected chi connectivity index (χ0v) is 7.23. The number of amides is 1. The molecule has 0 aliphatic heterocycles. The lowest BCUT2D eigenvalue weighted by Gasteiger charge is -2.02. The van der Waals surface area contributed by atoms with E-state index in [-0.39, 0.29) is 15.6 Å². The Hall–Kier alpha value is -0.840. The van der Waals surface area contributed by atoms with Gasteiger partial charge in [-0.15, -0.1) is 0 Å². The van der Waals surface area contributed by atoms with E-state index in [0.29, 0.717) is 0 Å². The van der Waals surface area contributed by atoms with Gasteiger partial charge in [0.15, 0.2) is 0 Å². The Morgan fingerprint density at radius 1 is 1.42 bits per heavy atom. The van der Waals surface area contributed by atoms with Gasteiger partial charge in [-0.2, -0.15) is 0 Å². The molecule has 0 bridgehead atoms.